The molecule has 0 bridgehead atoms. The van der Waals surface area contributed by atoms with Crippen LogP contribution in [0.15, 0.2) is 0 Å². The number of thioether (sulfide) groups is 1. The Morgan fingerprint density at radius 3 is 3.00 bits per heavy atom. The van der Waals surface area contributed by atoms with Gasteiger partial charge in [0, 0.05) is 11.3 Å². The van der Waals surface area contributed by atoms with E-state index in [0.29, 0.717) is 16.6 Å². The molecule has 1 amide bonds. The van der Waals surface area contributed by atoms with E-state index in [9.17, 15) is 4.79 Å². The van der Waals surface area contributed by atoms with Crippen molar-refractivity contribution in [2.45, 2.75) is 43.9 Å². The second-order valence-electron chi connectivity index (χ2n) is 4.60. The van der Waals surface area contributed by atoms with Crippen LogP contribution < -0.4 is 11.1 Å². The van der Waals surface area contributed by atoms with Gasteiger partial charge in [-0.05, 0) is 25.5 Å². The summed E-state index contributed by atoms with van der Waals surface area (Å²) < 4.78 is 0. The molecule has 1 aliphatic rings. The number of aryl methyl sites for hydroxylation is 1. The standard InChI is InChI=1S/C12H20N4OS/c1-3-7-10(13)11(16-15-7)12(17)14-8-5-4-6-9(8)18-2/h8-9H,3-6,13H2,1-2H3,(H,14,17)(H,15,16). The number of hydrogen-bond acceptors (Lipinski definition) is 4. The van der Waals surface area contributed by atoms with Gasteiger partial charge in [-0.2, -0.15) is 16.9 Å². The lowest BCUT2D eigenvalue weighted by molar-refractivity contribution is 0.0934. The largest absolute Gasteiger partial charge is 0.395 e. The van der Waals surface area contributed by atoms with E-state index in [4.69, 9.17) is 5.73 Å². The minimum Gasteiger partial charge on any atom is -0.395 e. The van der Waals surface area contributed by atoms with Gasteiger partial charge in [0.2, 0.25) is 0 Å². The topological polar surface area (TPSA) is 83.8 Å². The molecule has 6 heteroatoms. The third kappa shape index (κ3) is 2.48. The van der Waals surface area contributed by atoms with Crippen molar-refractivity contribution in [3.63, 3.8) is 0 Å². The first kappa shape index (κ1) is 13.3. The van der Waals surface area contributed by atoms with Crippen molar-refractivity contribution in [3.05, 3.63) is 11.4 Å². The number of nitrogens with two attached hydrogens (primary N) is 1. The lowest BCUT2D eigenvalue weighted by Crippen LogP contribution is -2.39. The Kier molecular flexibility index (Phi) is 4.16. The summed E-state index contributed by atoms with van der Waals surface area (Å²) in [4.78, 5) is 12.1. The summed E-state index contributed by atoms with van der Waals surface area (Å²) in [6.07, 6.45) is 6.23. The Bertz CT molecular complexity index is 432. The van der Waals surface area contributed by atoms with E-state index in [1.54, 1.807) is 0 Å². The summed E-state index contributed by atoms with van der Waals surface area (Å²) in [5.41, 5.74) is 7.54. The van der Waals surface area contributed by atoms with E-state index >= 15 is 0 Å². The molecule has 1 aromatic rings. The Hall–Kier alpha value is -1.17. The number of amides is 1. The van der Waals surface area contributed by atoms with E-state index in [-0.39, 0.29) is 11.9 Å². The lowest BCUT2D eigenvalue weighted by Gasteiger charge is -2.18. The van der Waals surface area contributed by atoms with E-state index in [1.165, 1.54) is 12.8 Å². The third-order valence-corrected chi connectivity index (χ3v) is 4.69. The van der Waals surface area contributed by atoms with Crippen LogP contribution in [0, 0.1) is 0 Å². The number of rotatable bonds is 4. The lowest BCUT2D eigenvalue weighted by atomic mass is 10.2. The summed E-state index contributed by atoms with van der Waals surface area (Å²) in [5.74, 6) is -0.158. The van der Waals surface area contributed by atoms with Gasteiger partial charge in [-0.15, -0.1) is 0 Å². The fourth-order valence-corrected chi connectivity index (χ4v) is 3.37. The van der Waals surface area contributed by atoms with Crippen LogP contribution in [0.25, 0.3) is 0 Å². The second-order valence-corrected chi connectivity index (χ2v) is 5.68. The number of hydrogen-bond donors (Lipinski definition) is 3. The Morgan fingerprint density at radius 1 is 1.61 bits per heavy atom. The molecule has 5 nitrogen and oxygen atoms in total. The van der Waals surface area contributed by atoms with E-state index in [0.717, 1.165) is 18.5 Å². The smallest absolute Gasteiger partial charge is 0.274 e. The van der Waals surface area contributed by atoms with Crippen molar-refractivity contribution in [1.82, 2.24) is 15.5 Å². The highest BCUT2D eigenvalue weighted by Crippen LogP contribution is 2.28. The fourth-order valence-electron chi connectivity index (χ4n) is 2.44. The van der Waals surface area contributed by atoms with Gasteiger partial charge in [0.15, 0.2) is 5.69 Å². The number of anilines is 1. The van der Waals surface area contributed by atoms with Crippen molar-refractivity contribution in [3.8, 4) is 0 Å². The Balaban J connectivity index is 2.05. The van der Waals surface area contributed by atoms with E-state index in [1.807, 2.05) is 18.7 Å². The number of nitrogens with zero attached hydrogens (tertiary/aromatic N) is 1. The van der Waals surface area contributed by atoms with Crippen LogP contribution in [0.5, 0.6) is 0 Å². The Labute approximate surface area is 111 Å². The number of carbonyl (C=O) groups excluding carboxylic acids is 1. The predicted molar refractivity (Wildman–Crippen MR) is 74.8 cm³/mol. The summed E-state index contributed by atoms with van der Waals surface area (Å²) in [7, 11) is 0. The number of carbonyl (C=O) groups is 1. The highest BCUT2D eigenvalue weighted by atomic mass is 32.2. The normalized spacial score (nSPS) is 23.2. The monoisotopic (exact) mass is 268 g/mol. The van der Waals surface area contributed by atoms with Crippen LogP contribution in [0.3, 0.4) is 0 Å². The summed E-state index contributed by atoms with van der Waals surface area (Å²) in [5, 5.41) is 10.4. The van der Waals surface area contributed by atoms with Gasteiger partial charge < -0.3 is 11.1 Å². The molecule has 0 spiro atoms. The molecule has 2 atom stereocenters. The maximum atomic E-state index is 12.1. The minimum absolute atomic E-state index is 0.158. The zero-order valence-corrected chi connectivity index (χ0v) is 11.6. The molecular weight excluding hydrogens is 248 g/mol. The minimum atomic E-state index is -0.158. The van der Waals surface area contributed by atoms with Gasteiger partial charge in [-0.3, -0.25) is 9.89 Å². The van der Waals surface area contributed by atoms with Gasteiger partial charge in [-0.1, -0.05) is 13.3 Å². The number of H-pyrrole nitrogens is 1. The molecule has 4 N–H and O–H groups in total. The zero-order valence-electron chi connectivity index (χ0n) is 10.8. The zero-order chi connectivity index (χ0) is 13.1. The average Bonchev–Trinajstić information content (AvgIpc) is 2.95. The molecular formula is C12H20N4OS. The SMILES string of the molecule is CCc1[nH]nc(C(=O)NC2CCCC2SC)c1N. The van der Waals surface area contributed by atoms with Crippen LogP contribution in [-0.4, -0.2) is 33.7 Å². The van der Waals surface area contributed by atoms with Gasteiger partial charge >= 0.3 is 0 Å². The number of aromatic nitrogens is 2. The number of aromatic amines is 1. The van der Waals surface area contributed by atoms with Crippen LogP contribution in [0.1, 0.15) is 42.4 Å². The molecule has 0 radical (unpaired) electrons. The highest BCUT2D eigenvalue weighted by Gasteiger charge is 2.29. The second kappa shape index (κ2) is 5.65. The fraction of sp³-hybridized carbons (Fsp3) is 0.667. The average molecular weight is 268 g/mol. The van der Waals surface area contributed by atoms with E-state index < -0.39 is 0 Å². The highest BCUT2D eigenvalue weighted by molar-refractivity contribution is 7.99. The van der Waals surface area contributed by atoms with Gasteiger partial charge in [0.05, 0.1) is 11.4 Å². The molecule has 1 heterocycles. The molecule has 1 saturated carbocycles. The molecule has 2 rings (SSSR count). The first-order valence-electron chi connectivity index (χ1n) is 6.33. The summed E-state index contributed by atoms with van der Waals surface area (Å²) in [6.45, 7) is 1.98. The first-order valence-corrected chi connectivity index (χ1v) is 7.62. The molecule has 0 saturated heterocycles. The third-order valence-electron chi connectivity index (χ3n) is 3.52. The molecule has 1 aromatic heterocycles. The van der Waals surface area contributed by atoms with Gasteiger partial charge in [0.25, 0.3) is 5.91 Å². The molecule has 0 aromatic carbocycles. The maximum absolute atomic E-state index is 12.1. The first-order chi connectivity index (χ1) is 8.67. The van der Waals surface area contributed by atoms with E-state index in [2.05, 4.69) is 21.8 Å². The molecule has 100 valence electrons. The van der Waals surface area contributed by atoms with Crippen molar-refractivity contribution >= 4 is 23.4 Å². The predicted octanol–water partition coefficient (Wildman–Crippen LogP) is 1.57. The molecule has 1 aliphatic carbocycles. The van der Waals surface area contributed by atoms with Crippen molar-refractivity contribution < 1.29 is 4.79 Å². The van der Waals surface area contributed by atoms with Crippen molar-refractivity contribution in [2.24, 2.45) is 0 Å². The van der Waals surface area contributed by atoms with Gasteiger partial charge in [-0.25, -0.2) is 0 Å². The Morgan fingerprint density at radius 2 is 2.39 bits per heavy atom. The van der Waals surface area contributed by atoms with Crippen molar-refractivity contribution in [2.75, 3.05) is 12.0 Å². The van der Waals surface area contributed by atoms with Crippen LogP contribution in [0.4, 0.5) is 5.69 Å². The molecule has 0 aliphatic heterocycles. The molecule has 18 heavy (non-hydrogen) atoms. The van der Waals surface area contributed by atoms with Crippen molar-refractivity contribution in [1.29, 1.82) is 0 Å². The summed E-state index contributed by atoms with van der Waals surface area (Å²) in [6, 6.07) is 0.244. The number of nitrogens with one attached hydrogen (secondary N) is 2. The molecule has 2 unspecified atom stereocenters. The quantitative estimate of drug-likeness (QED) is 0.774. The van der Waals surface area contributed by atoms with Crippen LogP contribution in [0.2, 0.25) is 0 Å². The van der Waals surface area contributed by atoms with Gasteiger partial charge in [0.1, 0.15) is 0 Å². The van der Waals surface area contributed by atoms with Crippen LogP contribution in [-0.2, 0) is 6.42 Å². The molecule has 1 fully saturated rings. The number of nitrogen functional groups attached to an aromatic ring is 1. The summed E-state index contributed by atoms with van der Waals surface area (Å²) >= 11 is 1.82. The van der Waals surface area contributed by atoms with Crippen LogP contribution >= 0.6 is 11.8 Å². The maximum Gasteiger partial charge on any atom is 0.274 e.